The predicted molar refractivity (Wildman–Crippen MR) is 129 cm³/mol. The van der Waals surface area contributed by atoms with E-state index in [4.69, 9.17) is 20.6 Å². The third-order valence-electron chi connectivity index (χ3n) is 4.99. The fourth-order valence-electron chi connectivity index (χ4n) is 3.26. The second-order valence-electron chi connectivity index (χ2n) is 7.38. The lowest BCUT2D eigenvalue weighted by Gasteiger charge is -2.12. The Labute approximate surface area is 196 Å². The molecule has 3 aromatic carbocycles. The number of anilines is 1. The first-order chi connectivity index (χ1) is 16.6. The Kier molecular flexibility index (Phi) is 7.14. The molecule has 0 atom stereocenters. The average molecular weight is 457 g/mol. The lowest BCUT2D eigenvalue weighted by molar-refractivity contribution is 0.137. The summed E-state index contributed by atoms with van der Waals surface area (Å²) in [5.74, 6) is 1.17. The van der Waals surface area contributed by atoms with Crippen molar-refractivity contribution in [2.75, 3.05) is 18.9 Å². The second-order valence-corrected chi connectivity index (χ2v) is 7.38. The Hall–Kier alpha value is -4.66. The van der Waals surface area contributed by atoms with Crippen molar-refractivity contribution in [1.82, 2.24) is 20.5 Å². The van der Waals surface area contributed by atoms with E-state index in [1.54, 1.807) is 30.3 Å². The Balaban J connectivity index is 1.31. The number of carbonyl (C=O) groups excluding carboxylic acids is 1. The number of benzene rings is 3. The first kappa shape index (κ1) is 22.5. The highest BCUT2D eigenvalue weighted by atomic mass is 16.5. The molecule has 34 heavy (non-hydrogen) atoms. The zero-order valence-electron chi connectivity index (χ0n) is 18.3. The number of aromatic amines is 1. The van der Waals surface area contributed by atoms with E-state index in [2.05, 4.69) is 20.5 Å². The maximum atomic E-state index is 11.8. The summed E-state index contributed by atoms with van der Waals surface area (Å²) in [6.45, 7) is 0.736. The van der Waals surface area contributed by atoms with Gasteiger partial charge >= 0.3 is 6.09 Å². The van der Waals surface area contributed by atoms with Gasteiger partial charge in [0.05, 0.1) is 12.3 Å². The summed E-state index contributed by atoms with van der Waals surface area (Å²) in [6, 6.07) is 22.0. The van der Waals surface area contributed by atoms with Crippen LogP contribution >= 0.6 is 0 Å². The van der Waals surface area contributed by atoms with E-state index >= 15 is 0 Å². The molecule has 0 aliphatic carbocycles. The summed E-state index contributed by atoms with van der Waals surface area (Å²) in [4.78, 5) is 16.0. The van der Waals surface area contributed by atoms with Gasteiger partial charge in [-0.15, -0.1) is 0 Å². The monoisotopic (exact) mass is 456 g/mol. The highest BCUT2D eigenvalue weighted by molar-refractivity contribution is 6.14. The third kappa shape index (κ3) is 5.77. The van der Waals surface area contributed by atoms with E-state index in [9.17, 15) is 4.79 Å². The number of amides is 1. The Bertz CT molecular complexity index is 1260. The number of H-pyrrole nitrogens is 1. The van der Waals surface area contributed by atoms with Gasteiger partial charge in [-0.25, -0.2) is 9.78 Å². The van der Waals surface area contributed by atoms with Crippen LogP contribution in [0, 0.1) is 5.41 Å². The molecule has 0 spiro atoms. The molecule has 4 aromatic rings. The normalized spacial score (nSPS) is 10.5. The number of ether oxygens (including phenoxy) is 2. The van der Waals surface area contributed by atoms with Crippen molar-refractivity contribution in [2.24, 2.45) is 0 Å². The molecule has 0 saturated carbocycles. The van der Waals surface area contributed by atoms with E-state index in [1.165, 1.54) is 6.33 Å². The minimum absolute atomic E-state index is 0.207. The van der Waals surface area contributed by atoms with Gasteiger partial charge in [-0.05, 0) is 35.9 Å². The highest BCUT2D eigenvalue weighted by Gasteiger charge is 2.12. The molecule has 172 valence electrons. The molecule has 1 heterocycles. The van der Waals surface area contributed by atoms with Crippen molar-refractivity contribution < 1.29 is 14.3 Å². The number of nitrogens with one attached hydrogen (secondary N) is 3. The molecule has 4 rings (SSSR count). The van der Waals surface area contributed by atoms with Gasteiger partial charge in [0, 0.05) is 22.4 Å². The summed E-state index contributed by atoms with van der Waals surface area (Å²) < 4.78 is 10.9. The smallest absolute Gasteiger partial charge is 0.407 e. The van der Waals surface area contributed by atoms with Crippen LogP contribution in [0.25, 0.3) is 11.4 Å². The molecular formula is C25H24N6O3. The van der Waals surface area contributed by atoms with Crippen LogP contribution in [0.5, 0.6) is 5.75 Å². The summed E-state index contributed by atoms with van der Waals surface area (Å²) in [5, 5.41) is 18.0. The molecular weight excluding hydrogens is 432 g/mol. The number of nitrogen functional groups attached to an aromatic ring is 1. The van der Waals surface area contributed by atoms with Gasteiger partial charge in [0.1, 0.15) is 25.3 Å². The quantitative estimate of drug-likeness (QED) is 0.172. The van der Waals surface area contributed by atoms with Crippen LogP contribution < -0.4 is 15.8 Å². The number of hydrogen-bond acceptors (Lipinski definition) is 7. The zero-order chi connectivity index (χ0) is 23.8. The van der Waals surface area contributed by atoms with Crippen LogP contribution in [-0.4, -0.2) is 40.1 Å². The Morgan fingerprint density at radius 2 is 1.91 bits per heavy atom. The molecule has 5 N–H and O–H groups in total. The summed E-state index contributed by atoms with van der Waals surface area (Å²) >= 11 is 0. The van der Waals surface area contributed by atoms with Gasteiger partial charge in [-0.3, -0.25) is 10.5 Å². The fourth-order valence-corrected chi connectivity index (χ4v) is 3.26. The fraction of sp³-hybridized carbons (Fsp3) is 0.120. The minimum atomic E-state index is -0.509. The Morgan fingerprint density at radius 3 is 2.71 bits per heavy atom. The Morgan fingerprint density at radius 1 is 1.06 bits per heavy atom. The van der Waals surface area contributed by atoms with Crippen molar-refractivity contribution >= 4 is 17.5 Å². The molecule has 9 heteroatoms. The molecule has 0 radical (unpaired) electrons. The maximum Gasteiger partial charge on any atom is 0.407 e. The SMILES string of the molecule is N=C(c1cccc(OCCNC(=O)OCc2ccccc2)c1)c1cc(-c2ncn[nH]2)ccc1N. The highest BCUT2D eigenvalue weighted by Crippen LogP contribution is 2.24. The molecule has 1 aromatic heterocycles. The van der Waals surface area contributed by atoms with Gasteiger partial charge < -0.3 is 20.5 Å². The van der Waals surface area contributed by atoms with Crippen LogP contribution in [0.3, 0.4) is 0 Å². The lowest BCUT2D eigenvalue weighted by Crippen LogP contribution is -2.28. The summed E-state index contributed by atoms with van der Waals surface area (Å²) in [5.41, 5.74) is 9.80. The van der Waals surface area contributed by atoms with E-state index in [-0.39, 0.29) is 25.5 Å². The van der Waals surface area contributed by atoms with Crippen LogP contribution in [-0.2, 0) is 11.3 Å². The predicted octanol–water partition coefficient (Wildman–Crippen LogP) is 3.78. The summed E-state index contributed by atoms with van der Waals surface area (Å²) in [6.07, 6.45) is 0.917. The maximum absolute atomic E-state index is 11.8. The molecule has 0 unspecified atom stereocenters. The zero-order valence-corrected chi connectivity index (χ0v) is 18.3. The van der Waals surface area contributed by atoms with E-state index in [1.807, 2.05) is 42.5 Å². The largest absolute Gasteiger partial charge is 0.492 e. The van der Waals surface area contributed by atoms with Crippen LogP contribution in [0.2, 0.25) is 0 Å². The van der Waals surface area contributed by atoms with Crippen molar-refractivity contribution in [1.29, 1.82) is 5.41 Å². The number of rotatable bonds is 9. The van der Waals surface area contributed by atoms with Gasteiger partial charge in [0.15, 0.2) is 5.82 Å². The first-order valence-electron chi connectivity index (χ1n) is 10.6. The van der Waals surface area contributed by atoms with Gasteiger partial charge in [-0.2, -0.15) is 5.10 Å². The second kappa shape index (κ2) is 10.8. The van der Waals surface area contributed by atoms with Gasteiger partial charge in [-0.1, -0.05) is 42.5 Å². The van der Waals surface area contributed by atoms with Gasteiger partial charge in [0.25, 0.3) is 0 Å². The summed E-state index contributed by atoms with van der Waals surface area (Å²) in [7, 11) is 0. The molecule has 0 aliphatic rings. The van der Waals surface area contributed by atoms with E-state index in [0.717, 1.165) is 11.1 Å². The van der Waals surface area contributed by atoms with Crippen molar-refractivity contribution in [3.8, 4) is 17.1 Å². The van der Waals surface area contributed by atoms with E-state index < -0.39 is 6.09 Å². The van der Waals surface area contributed by atoms with Crippen LogP contribution in [0.4, 0.5) is 10.5 Å². The number of hydrogen-bond donors (Lipinski definition) is 4. The molecule has 0 fully saturated rings. The lowest BCUT2D eigenvalue weighted by atomic mass is 9.98. The molecule has 1 amide bonds. The van der Waals surface area contributed by atoms with E-state index in [0.29, 0.717) is 28.4 Å². The van der Waals surface area contributed by atoms with Crippen molar-refractivity contribution in [2.45, 2.75) is 6.61 Å². The number of alkyl carbamates (subject to hydrolysis) is 1. The number of nitrogens with two attached hydrogens (primary N) is 1. The van der Waals surface area contributed by atoms with Crippen molar-refractivity contribution in [3.63, 3.8) is 0 Å². The molecule has 0 saturated heterocycles. The number of carbonyl (C=O) groups is 1. The topological polar surface area (TPSA) is 139 Å². The average Bonchev–Trinajstić information content (AvgIpc) is 3.41. The third-order valence-corrected chi connectivity index (χ3v) is 4.99. The van der Waals surface area contributed by atoms with Crippen molar-refractivity contribution in [3.05, 3.63) is 95.8 Å². The van der Waals surface area contributed by atoms with Crippen LogP contribution in [0.1, 0.15) is 16.7 Å². The minimum Gasteiger partial charge on any atom is -0.492 e. The number of nitrogens with zero attached hydrogens (tertiary/aromatic N) is 2. The number of aromatic nitrogens is 3. The first-order valence-corrected chi connectivity index (χ1v) is 10.6. The molecule has 9 nitrogen and oxygen atoms in total. The molecule has 0 bridgehead atoms. The van der Waals surface area contributed by atoms with Gasteiger partial charge in [0.2, 0.25) is 0 Å². The standard InChI is InChI=1S/C25H24N6O3/c26-22-10-9-19(24-29-16-30-31-24)14-21(22)23(27)18-7-4-8-20(13-18)33-12-11-28-25(32)34-15-17-5-2-1-3-6-17/h1-10,13-14,16,27H,11-12,15,26H2,(H,28,32)(H,29,30,31). The van der Waals surface area contributed by atoms with Crippen LogP contribution in [0.15, 0.2) is 79.1 Å². The molecule has 0 aliphatic heterocycles.